The Balaban J connectivity index is 1.56. The molecule has 18 heavy (non-hydrogen) atoms. The smallest absolute Gasteiger partial charge is 0.224 e. The average Bonchev–Trinajstić information content (AvgIpc) is 2.87. The number of nitrogens with zero attached hydrogens (tertiary/aromatic N) is 1. The Morgan fingerprint density at radius 3 is 3.17 bits per heavy atom. The van der Waals surface area contributed by atoms with Crippen molar-refractivity contribution >= 4 is 5.91 Å². The zero-order valence-corrected chi connectivity index (χ0v) is 11.2. The second-order valence-corrected chi connectivity index (χ2v) is 5.15. The number of hydrogen-bond acceptors (Lipinski definition) is 4. The normalized spacial score (nSPS) is 28.6. The van der Waals surface area contributed by atoms with E-state index in [0.29, 0.717) is 25.7 Å². The summed E-state index contributed by atoms with van der Waals surface area (Å²) < 4.78 is 11.0. The molecule has 0 saturated carbocycles. The highest BCUT2D eigenvalue weighted by Gasteiger charge is 2.20. The lowest BCUT2D eigenvalue weighted by Gasteiger charge is -2.32. The largest absolute Gasteiger partial charge is 0.378 e. The number of piperazine rings is 1. The van der Waals surface area contributed by atoms with Crippen LogP contribution in [-0.2, 0) is 14.3 Å². The van der Waals surface area contributed by atoms with E-state index in [1.54, 1.807) is 0 Å². The fourth-order valence-corrected chi connectivity index (χ4v) is 2.47. The van der Waals surface area contributed by atoms with Gasteiger partial charge in [-0.05, 0) is 19.8 Å². The van der Waals surface area contributed by atoms with Crippen LogP contribution in [0.25, 0.3) is 0 Å². The van der Waals surface area contributed by atoms with Crippen LogP contribution in [0.15, 0.2) is 0 Å². The maximum atomic E-state index is 11.9. The maximum Gasteiger partial charge on any atom is 0.224 e. The van der Waals surface area contributed by atoms with Crippen molar-refractivity contribution in [3.63, 3.8) is 0 Å². The van der Waals surface area contributed by atoms with Crippen LogP contribution < -0.4 is 5.32 Å². The lowest BCUT2D eigenvalue weighted by Crippen LogP contribution is -2.51. The Morgan fingerprint density at radius 2 is 2.44 bits per heavy atom. The quantitative estimate of drug-likeness (QED) is 0.723. The number of amides is 1. The minimum absolute atomic E-state index is 0.204. The molecule has 5 heteroatoms. The molecule has 2 saturated heterocycles. The highest BCUT2D eigenvalue weighted by molar-refractivity contribution is 5.76. The first kappa shape index (κ1) is 13.8. The van der Waals surface area contributed by atoms with Crippen LogP contribution in [0.4, 0.5) is 0 Å². The van der Waals surface area contributed by atoms with Crippen molar-refractivity contribution in [1.29, 1.82) is 0 Å². The third-order valence-electron chi connectivity index (χ3n) is 3.51. The van der Waals surface area contributed by atoms with E-state index in [9.17, 15) is 4.79 Å². The lowest BCUT2D eigenvalue weighted by molar-refractivity contribution is -0.133. The fraction of sp³-hybridized carbons (Fsp3) is 0.923. The van der Waals surface area contributed by atoms with Gasteiger partial charge in [-0.1, -0.05) is 0 Å². The van der Waals surface area contributed by atoms with Gasteiger partial charge in [-0.15, -0.1) is 0 Å². The molecule has 1 amide bonds. The standard InChI is InChI=1S/C13H24N2O3/c1-11-9-15(6-5-14-11)13(16)4-8-17-10-12-3-2-7-18-12/h11-12,14H,2-10H2,1H3. The predicted octanol–water partition coefficient (Wildman–Crippen LogP) is 0.392. The molecule has 0 aromatic carbocycles. The van der Waals surface area contributed by atoms with Gasteiger partial charge >= 0.3 is 0 Å². The summed E-state index contributed by atoms with van der Waals surface area (Å²) in [7, 11) is 0. The molecule has 2 unspecified atom stereocenters. The van der Waals surface area contributed by atoms with Gasteiger partial charge in [0, 0.05) is 32.3 Å². The predicted molar refractivity (Wildman–Crippen MR) is 68.5 cm³/mol. The topological polar surface area (TPSA) is 50.8 Å². The van der Waals surface area contributed by atoms with Crippen molar-refractivity contribution < 1.29 is 14.3 Å². The third-order valence-corrected chi connectivity index (χ3v) is 3.51. The molecule has 2 aliphatic rings. The molecule has 104 valence electrons. The van der Waals surface area contributed by atoms with Gasteiger partial charge in [0.05, 0.1) is 25.7 Å². The van der Waals surface area contributed by atoms with Crippen LogP contribution >= 0.6 is 0 Å². The first-order valence-corrected chi connectivity index (χ1v) is 6.96. The SMILES string of the molecule is CC1CN(C(=O)CCOCC2CCCO2)CCN1. The van der Waals surface area contributed by atoms with E-state index in [1.807, 2.05) is 4.90 Å². The fourth-order valence-electron chi connectivity index (χ4n) is 2.47. The average molecular weight is 256 g/mol. The second kappa shape index (κ2) is 7.07. The van der Waals surface area contributed by atoms with Crippen molar-refractivity contribution in [3.05, 3.63) is 0 Å². The molecular weight excluding hydrogens is 232 g/mol. The van der Waals surface area contributed by atoms with E-state index >= 15 is 0 Å². The second-order valence-electron chi connectivity index (χ2n) is 5.15. The van der Waals surface area contributed by atoms with Crippen LogP contribution in [-0.4, -0.2) is 62.4 Å². The number of carbonyl (C=O) groups excluding carboxylic acids is 1. The molecule has 2 aliphatic heterocycles. The summed E-state index contributed by atoms with van der Waals surface area (Å²) in [5, 5.41) is 3.33. The monoisotopic (exact) mass is 256 g/mol. The summed E-state index contributed by atoms with van der Waals surface area (Å²) in [6.45, 7) is 6.62. The van der Waals surface area contributed by atoms with Crippen LogP contribution in [0.2, 0.25) is 0 Å². The molecule has 0 aromatic heterocycles. The molecule has 0 radical (unpaired) electrons. The Hall–Kier alpha value is -0.650. The minimum Gasteiger partial charge on any atom is -0.378 e. The molecule has 0 aliphatic carbocycles. The first-order chi connectivity index (χ1) is 8.75. The van der Waals surface area contributed by atoms with Crippen molar-refractivity contribution in [2.75, 3.05) is 39.5 Å². The molecule has 1 N–H and O–H groups in total. The lowest BCUT2D eigenvalue weighted by atomic mass is 10.2. The van der Waals surface area contributed by atoms with Gasteiger partial charge < -0.3 is 19.7 Å². The molecule has 0 aromatic rings. The summed E-state index contributed by atoms with van der Waals surface area (Å²) in [6.07, 6.45) is 2.95. The highest BCUT2D eigenvalue weighted by atomic mass is 16.5. The molecule has 2 rings (SSSR count). The molecule has 2 fully saturated rings. The van der Waals surface area contributed by atoms with E-state index in [-0.39, 0.29) is 12.0 Å². The summed E-state index contributed by atoms with van der Waals surface area (Å²) in [6, 6.07) is 0.399. The van der Waals surface area contributed by atoms with E-state index in [2.05, 4.69) is 12.2 Å². The minimum atomic E-state index is 0.204. The van der Waals surface area contributed by atoms with E-state index in [1.165, 1.54) is 0 Å². The highest BCUT2D eigenvalue weighted by Crippen LogP contribution is 2.12. The summed E-state index contributed by atoms with van der Waals surface area (Å²) in [4.78, 5) is 13.9. The van der Waals surface area contributed by atoms with Crippen LogP contribution in [0.5, 0.6) is 0 Å². The summed E-state index contributed by atoms with van der Waals surface area (Å²) >= 11 is 0. The molecule has 5 nitrogen and oxygen atoms in total. The van der Waals surface area contributed by atoms with E-state index in [4.69, 9.17) is 9.47 Å². The van der Waals surface area contributed by atoms with Crippen LogP contribution in [0, 0.1) is 0 Å². The Morgan fingerprint density at radius 1 is 1.56 bits per heavy atom. The third kappa shape index (κ3) is 4.23. The van der Waals surface area contributed by atoms with E-state index in [0.717, 1.165) is 39.1 Å². The Kier molecular flexibility index (Phi) is 5.41. The Bertz CT molecular complexity index is 267. The van der Waals surface area contributed by atoms with Crippen molar-refractivity contribution in [2.24, 2.45) is 0 Å². The number of ether oxygens (including phenoxy) is 2. The number of hydrogen-bond donors (Lipinski definition) is 1. The molecule has 2 heterocycles. The number of carbonyl (C=O) groups is 1. The van der Waals surface area contributed by atoms with E-state index < -0.39 is 0 Å². The number of rotatable bonds is 5. The maximum absolute atomic E-state index is 11.9. The zero-order chi connectivity index (χ0) is 12.8. The Labute approximate surface area is 109 Å². The molecule has 2 atom stereocenters. The van der Waals surface area contributed by atoms with Crippen molar-refractivity contribution in [2.45, 2.75) is 38.3 Å². The molecular formula is C13H24N2O3. The van der Waals surface area contributed by atoms with Crippen molar-refractivity contribution in [1.82, 2.24) is 10.2 Å². The summed E-state index contributed by atoms with van der Waals surface area (Å²) in [5.41, 5.74) is 0. The zero-order valence-electron chi connectivity index (χ0n) is 11.2. The number of nitrogens with one attached hydrogen (secondary N) is 1. The molecule has 0 bridgehead atoms. The molecule has 0 spiro atoms. The van der Waals surface area contributed by atoms with Gasteiger partial charge in [-0.25, -0.2) is 0 Å². The van der Waals surface area contributed by atoms with Crippen LogP contribution in [0.1, 0.15) is 26.2 Å². The van der Waals surface area contributed by atoms with Gasteiger partial charge in [-0.3, -0.25) is 4.79 Å². The first-order valence-electron chi connectivity index (χ1n) is 6.96. The van der Waals surface area contributed by atoms with Crippen LogP contribution in [0.3, 0.4) is 0 Å². The van der Waals surface area contributed by atoms with Gasteiger partial charge in [0.25, 0.3) is 0 Å². The van der Waals surface area contributed by atoms with Gasteiger partial charge in [0.15, 0.2) is 0 Å². The van der Waals surface area contributed by atoms with Gasteiger partial charge in [-0.2, -0.15) is 0 Å². The summed E-state index contributed by atoms with van der Waals surface area (Å²) in [5.74, 6) is 0.204. The van der Waals surface area contributed by atoms with Gasteiger partial charge in [0.2, 0.25) is 5.91 Å². The van der Waals surface area contributed by atoms with Gasteiger partial charge in [0.1, 0.15) is 0 Å². The van der Waals surface area contributed by atoms with Crippen molar-refractivity contribution in [3.8, 4) is 0 Å².